The molecule has 2 aliphatic rings. The summed E-state index contributed by atoms with van der Waals surface area (Å²) in [6.45, 7) is 6.34. The molecule has 6 heteroatoms. The van der Waals surface area contributed by atoms with E-state index in [2.05, 4.69) is 38.0 Å². The summed E-state index contributed by atoms with van der Waals surface area (Å²) in [4.78, 5) is 7.96. The number of piperazine rings is 1. The Morgan fingerprint density at radius 1 is 1.12 bits per heavy atom. The average molecular weight is 343 g/mol. The number of rotatable bonds is 6. The molecular formula is C19H29N5O. The Morgan fingerprint density at radius 3 is 2.52 bits per heavy atom. The fourth-order valence-corrected chi connectivity index (χ4v) is 4.11. The van der Waals surface area contributed by atoms with Gasteiger partial charge in [0.25, 0.3) is 0 Å². The number of ether oxygens (including phenoxy) is 1. The van der Waals surface area contributed by atoms with E-state index >= 15 is 0 Å². The topological polar surface area (TPSA) is 64.5 Å². The van der Waals surface area contributed by atoms with Crippen LogP contribution in [-0.2, 0) is 0 Å². The van der Waals surface area contributed by atoms with E-state index in [1.165, 1.54) is 37.9 Å². The zero-order valence-electron chi connectivity index (χ0n) is 15.2. The summed E-state index contributed by atoms with van der Waals surface area (Å²) in [7, 11) is 1.72. The Bertz CT molecular complexity index is 585. The van der Waals surface area contributed by atoms with E-state index in [4.69, 9.17) is 10.3 Å². The Labute approximate surface area is 150 Å². The fourth-order valence-electron chi connectivity index (χ4n) is 4.11. The van der Waals surface area contributed by atoms with Gasteiger partial charge in [-0.15, -0.1) is 0 Å². The lowest BCUT2D eigenvalue weighted by atomic mass is 9.82. The van der Waals surface area contributed by atoms with Crippen molar-refractivity contribution in [1.29, 1.82) is 0 Å². The number of nitrogens with zero attached hydrogens (tertiary/aromatic N) is 5. The zero-order valence-corrected chi connectivity index (χ0v) is 15.2. The fraction of sp³-hybridized carbons (Fsp3) is 0.684. The minimum atomic E-state index is 0.608. The highest BCUT2D eigenvalue weighted by atomic mass is 16.5. The van der Waals surface area contributed by atoms with E-state index in [0.717, 1.165) is 37.8 Å². The van der Waals surface area contributed by atoms with Crippen LogP contribution in [0.5, 0.6) is 5.75 Å². The number of benzene rings is 1. The van der Waals surface area contributed by atoms with Crippen LogP contribution in [0.25, 0.3) is 10.4 Å². The lowest BCUT2D eigenvalue weighted by Crippen LogP contribution is -2.48. The van der Waals surface area contributed by atoms with Crippen LogP contribution in [0.2, 0.25) is 0 Å². The van der Waals surface area contributed by atoms with E-state index in [9.17, 15) is 0 Å². The number of azide groups is 1. The second-order valence-electron chi connectivity index (χ2n) is 7.29. The molecule has 6 nitrogen and oxygen atoms in total. The first-order chi connectivity index (χ1) is 12.3. The summed E-state index contributed by atoms with van der Waals surface area (Å²) in [5, 5.41) is 3.74. The van der Waals surface area contributed by atoms with Gasteiger partial charge >= 0.3 is 0 Å². The largest absolute Gasteiger partial charge is 0.497 e. The summed E-state index contributed by atoms with van der Waals surface area (Å²) in [5.74, 6) is 2.35. The zero-order chi connectivity index (χ0) is 17.5. The molecule has 2 fully saturated rings. The second-order valence-corrected chi connectivity index (χ2v) is 7.29. The van der Waals surface area contributed by atoms with Gasteiger partial charge < -0.3 is 9.64 Å². The molecule has 1 aliphatic carbocycles. The SMILES string of the molecule is COc1cccc(N2CCN(CC3CCC(CN=[N+]=[N-])CC3)CC2)c1. The minimum Gasteiger partial charge on any atom is -0.497 e. The van der Waals surface area contributed by atoms with E-state index in [-0.39, 0.29) is 0 Å². The third-order valence-electron chi connectivity index (χ3n) is 5.68. The second kappa shape index (κ2) is 8.97. The molecule has 136 valence electrons. The summed E-state index contributed by atoms with van der Waals surface area (Å²) < 4.78 is 5.34. The van der Waals surface area contributed by atoms with Crippen LogP contribution in [0.15, 0.2) is 29.4 Å². The van der Waals surface area contributed by atoms with Crippen LogP contribution >= 0.6 is 0 Å². The van der Waals surface area contributed by atoms with Crippen LogP contribution in [0.3, 0.4) is 0 Å². The van der Waals surface area contributed by atoms with E-state index in [1.807, 2.05) is 6.07 Å². The predicted octanol–water partition coefficient (Wildman–Crippen LogP) is 3.93. The molecule has 1 heterocycles. The maximum absolute atomic E-state index is 8.44. The van der Waals surface area contributed by atoms with Crippen molar-refractivity contribution in [2.75, 3.05) is 51.3 Å². The molecule has 0 amide bonds. The Balaban J connectivity index is 1.41. The van der Waals surface area contributed by atoms with Crippen LogP contribution in [-0.4, -0.2) is 51.3 Å². The van der Waals surface area contributed by atoms with Gasteiger partial charge in [0.05, 0.1) is 7.11 Å². The van der Waals surface area contributed by atoms with Crippen molar-refractivity contribution in [3.8, 4) is 5.75 Å². The maximum Gasteiger partial charge on any atom is 0.120 e. The highest BCUT2D eigenvalue weighted by molar-refractivity contribution is 5.51. The predicted molar refractivity (Wildman–Crippen MR) is 101 cm³/mol. The van der Waals surface area contributed by atoms with Crippen molar-refractivity contribution in [2.45, 2.75) is 25.7 Å². The van der Waals surface area contributed by atoms with Crippen molar-refractivity contribution in [2.24, 2.45) is 17.0 Å². The molecular weight excluding hydrogens is 314 g/mol. The van der Waals surface area contributed by atoms with Crippen LogP contribution < -0.4 is 9.64 Å². The third kappa shape index (κ3) is 5.03. The molecule has 1 saturated heterocycles. The van der Waals surface area contributed by atoms with Crippen molar-refractivity contribution >= 4 is 5.69 Å². The van der Waals surface area contributed by atoms with Crippen LogP contribution in [0.1, 0.15) is 25.7 Å². The van der Waals surface area contributed by atoms with Gasteiger partial charge in [-0.25, -0.2) is 0 Å². The molecule has 1 aliphatic heterocycles. The van der Waals surface area contributed by atoms with E-state index in [1.54, 1.807) is 7.11 Å². The van der Waals surface area contributed by atoms with Gasteiger partial charge in [-0.2, -0.15) is 0 Å². The first-order valence-electron chi connectivity index (χ1n) is 9.40. The Morgan fingerprint density at radius 2 is 1.84 bits per heavy atom. The summed E-state index contributed by atoms with van der Waals surface area (Å²) in [5.41, 5.74) is 9.70. The van der Waals surface area contributed by atoms with Crippen molar-refractivity contribution in [3.05, 3.63) is 34.7 Å². The van der Waals surface area contributed by atoms with Crippen LogP contribution in [0, 0.1) is 11.8 Å². The van der Waals surface area contributed by atoms with Gasteiger partial charge in [0, 0.05) is 55.9 Å². The van der Waals surface area contributed by atoms with Gasteiger partial charge in [0.1, 0.15) is 5.75 Å². The van der Waals surface area contributed by atoms with Gasteiger partial charge in [-0.3, -0.25) is 4.90 Å². The summed E-state index contributed by atoms with van der Waals surface area (Å²) in [6, 6.07) is 8.36. The monoisotopic (exact) mass is 343 g/mol. The summed E-state index contributed by atoms with van der Waals surface area (Å²) >= 11 is 0. The molecule has 0 spiro atoms. The lowest BCUT2D eigenvalue weighted by Gasteiger charge is -2.39. The minimum absolute atomic E-state index is 0.608. The van der Waals surface area contributed by atoms with E-state index in [0.29, 0.717) is 12.5 Å². The van der Waals surface area contributed by atoms with Crippen molar-refractivity contribution in [3.63, 3.8) is 0 Å². The average Bonchev–Trinajstić information content (AvgIpc) is 2.68. The number of hydrogen-bond acceptors (Lipinski definition) is 4. The van der Waals surface area contributed by atoms with Gasteiger partial charge in [0.15, 0.2) is 0 Å². The molecule has 0 unspecified atom stereocenters. The first kappa shape index (κ1) is 17.9. The van der Waals surface area contributed by atoms with E-state index < -0.39 is 0 Å². The number of methoxy groups -OCH3 is 1. The number of hydrogen-bond donors (Lipinski definition) is 0. The first-order valence-corrected chi connectivity index (χ1v) is 9.40. The molecule has 1 aromatic carbocycles. The van der Waals surface area contributed by atoms with Crippen LogP contribution in [0.4, 0.5) is 5.69 Å². The maximum atomic E-state index is 8.44. The molecule has 1 saturated carbocycles. The molecule has 0 aromatic heterocycles. The summed E-state index contributed by atoms with van der Waals surface area (Å²) in [6.07, 6.45) is 4.99. The molecule has 0 bridgehead atoms. The number of anilines is 1. The van der Waals surface area contributed by atoms with Gasteiger partial charge in [-0.1, -0.05) is 24.0 Å². The molecule has 3 rings (SSSR count). The molecule has 1 aromatic rings. The van der Waals surface area contributed by atoms with Crippen molar-refractivity contribution in [1.82, 2.24) is 4.90 Å². The normalized spacial score (nSPS) is 24.6. The molecule has 0 atom stereocenters. The van der Waals surface area contributed by atoms with Gasteiger partial charge in [-0.05, 0) is 42.3 Å². The molecule has 0 radical (unpaired) electrons. The van der Waals surface area contributed by atoms with Gasteiger partial charge in [0.2, 0.25) is 0 Å². The molecule has 25 heavy (non-hydrogen) atoms. The molecule has 0 N–H and O–H groups in total. The lowest BCUT2D eigenvalue weighted by molar-refractivity contribution is 0.175. The van der Waals surface area contributed by atoms with Crippen molar-refractivity contribution < 1.29 is 4.74 Å². The standard InChI is InChI=1S/C19H29N5O/c1-25-19-4-2-3-18(13-19)24-11-9-23(10-12-24)15-17-7-5-16(6-8-17)14-21-22-20/h2-4,13,16-17H,5-12,14-15H2,1H3. The third-order valence-corrected chi connectivity index (χ3v) is 5.68. The quantitative estimate of drug-likeness (QED) is 0.446. The smallest absolute Gasteiger partial charge is 0.120 e. The highest BCUT2D eigenvalue weighted by Crippen LogP contribution is 2.30. The Kier molecular flexibility index (Phi) is 6.42. The highest BCUT2D eigenvalue weighted by Gasteiger charge is 2.24. The Hall–Kier alpha value is -1.91.